The molecule has 22 heavy (non-hydrogen) atoms. The second-order valence-electron chi connectivity index (χ2n) is 5.41. The highest BCUT2D eigenvalue weighted by atomic mass is 35.5. The molecule has 2 rings (SSSR count). The molecule has 0 saturated carbocycles. The predicted molar refractivity (Wildman–Crippen MR) is 80.3 cm³/mol. The molecule has 1 atom stereocenters. The van der Waals surface area contributed by atoms with E-state index in [1.807, 2.05) is 0 Å². The zero-order chi connectivity index (χ0) is 16.3. The molecule has 7 heteroatoms. The molecule has 1 heterocycles. The van der Waals surface area contributed by atoms with E-state index in [0.29, 0.717) is 25.9 Å². The Morgan fingerprint density at radius 3 is 2.59 bits per heavy atom. The number of carboxylic acid groups (broad SMARTS) is 1. The average molecular weight is 329 g/mol. The van der Waals surface area contributed by atoms with Crippen LogP contribution in [0.15, 0.2) is 18.2 Å². The highest BCUT2D eigenvalue weighted by molar-refractivity contribution is 6.31. The number of carbonyl (C=O) groups is 2. The van der Waals surface area contributed by atoms with Crippen molar-refractivity contribution < 1.29 is 19.1 Å². The van der Waals surface area contributed by atoms with Gasteiger partial charge in [0.15, 0.2) is 0 Å². The van der Waals surface area contributed by atoms with Crippen LogP contribution in [0.4, 0.5) is 9.18 Å². The Morgan fingerprint density at radius 1 is 1.41 bits per heavy atom. The summed E-state index contributed by atoms with van der Waals surface area (Å²) in [6.45, 7) is 2.41. The SMILES string of the molecule is CC(NC(=O)N1CCC(C(=O)O)CC1)c1c(F)cccc1Cl. The van der Waals surface area contributed by atoms with Gasteiger partial charge >= 0.3 is 12.0 Å². The third-order valence-corrected chi connectivity index (χ3v) is 4.23. The van der Waals surface area contributed by atoms with E-state index < -0.39 is 23.7 Å². The van der Waals surface area contributed by atoms with E-state index in [4.69, 9.17) is 16.7 Å². The van der Waals surface area contributed by atoms with Crippen LogP contribution in [-0.2, 0) is 4.79 Å². The number of aliphatic carboxylic acids is 1. The summed E-state index contributed by atoms with van der Waals surface area (Å²) in [5, 5.41) is 11.9. The van der Waals surface area contributed by atoms with Crippen molar-refractivity contribution in [3.63, 3.8) is 0 Å². The van der Waals surface area contributed by atoms with E-state index in [0.717, 1.165) is 0 Å². The smallest absolute Gasteiger partial charge is 0.317 e. The number of carbonyl (C=O) groups excluding carboxylic acids is 1. The van der Waals surface area contributed by atoms with Crippen molar-refractivity contribution in [3.05, 3.63) is 34.6 Å². The quantitative estimate of drug-likeness (QED) is 0.896. The van der Waals surface area contributed by atoms with Gasteiger partial charge in [0, 0.05) is 23.7 Å². The normalized spacial score (nSPS) is 17.1. The van der Waals surface area contributed by atoms with Gasteiger partial charge in [-0.15, -0.1) is 0 Å². The highest BCUT2D eigenvalue weighted by Gasteiger charge is 2.28. The highest BCUT2D eigenvalue weighted by Crippen LogP contribution is 2.26. The number of nitrogens with zero attached hydrogens (tertiary/aromatic N) is 1. The topological polar surface area (TPSA) is 69.6 Å². The van der Waals surface area contributed by atoms with Crippen molar-refractivity contribution in [2.24, 2.45) is 5.92 Å². The second kappa shape index (κ2) is 6.96. The van der Waals surface area contributed by atoms with Crippen LogP contribution in [0, 0.1) is 11.7 Å². The van der Waals surface area contributed by atoms with Crippen molar-refractivity contribution in [2.45, 2.75) is 25.8 Å². The molecular weight excluding hydrogens is 311 g/mol. The lowest BCUT2D eigenvalue weighted by atomic mass is 9.97. The van der Waals surface area contributed by atoms with Crippen LogP contribution in [0.2, 0.25) is 5.02 Å². The predicted octanol–water partition coefficient (Wildman–Crippen LogP) is 3.05. The molecule has 1 aliphatic heterocycles. The van der Waals surface area contributed by atoms with Crippen molar-refractivity contribution >= 4 is 23.6 Å². The van der Waals surface area contributed by atoms with Crippen molar-refractivity contribution in [1.29, 1.82) is 0 Å². The van der Waals surface area contributed by atoms with Crippen LogP contribution >= 0.6 is 11.6 Å². The Morgan fingerprint density at radius 2 is 2.05 bits per heavy atom. The van der Waals surface area contributed by atoms with Gasteiger partial charge in [0.2, 0.25) is 0 Å². The number of halogens is 2. The van der Waals surface area contributed by atoms with Crippen LogP contribution in [0.5, 0.6) is 0 Å². The summed E-state index contributed by atoms with van der Waals surface area (Å²) in [7, 11) is 0. The zero-order valence-corrected chi connectivity index (χ0v) is 12.9. The fourth-order valence-electron chi connectivity index (χ4n) is 2.60. The Labute approximate surface area is 133 Å². The van der Waals surface area contributed by atoms with Crippen LogP contribution in [-0.4, -0.2) is 35.1 Å². The third kappa shape index (κ3) is 3.68. The van der Waals surface area contributed by atoms with E-state index in [2.05, 4.69) is 5.32 Å². The molecule has 0 radical (unpaired) electrons. The Balaban J connectivity index is 1.96. The monoisotopic (exact) mass is 328 g/mol. The lowest BCUT2D eigenvalue weighted by Gasteiger charge is -2.31. The summed E-state index contributed by atoms with van der Waals surface area (Å²) in [5.41, 5.74) is 0.248. The minimum Gasteiger partial charge on any atom is -0.481 e. The van der Waals surface area contributed by atoms with Crippen molar-refractivity contribution in [2.75, 3.05) is 13.1 Å². The van der Waals surface area contributed by atoms with Gasteiger partial charge in [0.05, 0.1) is 12.0 Å². The van der Waals surface area contributed by atoms with Gasteiger partial charge in [-0.2, -0.15) is 0 Å². The molecular formula is C15H18ClFN2O3. The largest absolute Gasteiger partial charge is 0.481 e. The summed E-state index contributed by atoms with van der Waals surface area (Å²) < 4.78 is 13.8. The number of hydrogen-bond donors (Lipinski definition) is 2. The molecule has 0 aliphatic carbocycles. The Hall–Kier alpha value is -1.82. The van der Waals surface area contributed by atoms with E-state index in [-0.39, 0.29) is 16.6 Å². The number of nitrogens with one attached hydrogen (secondary N) is 1. The number of likely N-dealkylation sites (tertiary alicyclic amines) is 1. The summed E-state index contributed by atoms with van der Waals surface area (Å²) in [4.78, 5) is 24.6. The maximum Gasteiger partial charge on any atom is 0.317 e. The number of benzene rings is 1. The van der Waals surface area contributed by atoms with Gasteiger partial charge in [-0.25, -0.2) is 9.18 Å². The van der Waals surface area contributed by atoms with Gasteiger partial charge in [-0.1, -0.05) is 17.7 Å². The minimum absolute atomic E-state index is 0.248. The number of piperidine rings is 1. The minimum atomic E-state index is -0.827. The van der Waals surface area contributed by atoms with Crippen molar-refractivity contribution in [1.82, 2.24) is 10.2 Å². The first-order chi connectivity index (χ1) is 10.4. The Kier molecular flexibility index (Phi) is 5.24. The van der Waals surface area contributed by atoms with Gasteiger partial charge in [-0.05, 0) is 31.9 Å². The van der Waals surface area contributed by atoms with Crippen LogP contribution in [0.3, 0.4) is 0 Å². The second-order valence-corrected chi connectivity index (χ2v) is 5.81. The van der Waals surface area contributed by atoms with Crippen molar-refractivity contribution in [3.8, 4) is 0 Å². The number of rotatable bonds is 3. The number of hydrogen-bond acceptors (Lipinski definition) is 2. The van der Waals surface area contributed by atoms with E-state index >= 15 is 0 Å². The molecule has 1 unspecified atom stereocenters. The number of amides is 2. The molecule has 120 valence electrons. The standard InChI is InChI=1S/C15H18ClFN2O3/c1-9(13-11(16)3-2-4-12(13)17)18-15(22)19-7-5-10(6-8-19)14(20)21/h2-4,9-10H,5-8H2,1H3,(H,18,22)(H,20,21). The molecule has 2 amide bonds. The molecule has 1 saturated heterocycles. The molecule has 1 aromatic rings. The van der Waals surface area contributed by atoms with E-state index in [1.165, 1.54) is 12.1 Å². The fourth-order valence-corrected chi connectivity index (χ4v) is 2.93. The van der Waals surface area contributed by atoms with Crippen LogP contribution < -0.4 is 5.32 Å². The molecule has 0 bridgehead atoms. The summed E-state index contributed by atoms with van der Waals surface area (Å²) >= 11 is 5.98. The third-order valence-electron chi connectivity index (χ3n) is 3.90. The maximum absolute atomic E-state index is 13.8. The summed E-state index contributed by atoms with van der Waals surface area (Å²) in [5.74, 6) is -1.70. The van der Waals surface area contributed by atoms with Gasteiger partial charge in [-0.3, -0.25) is 4.79 Å². The molecule has 1 aromatic carbocycles. The van der Waals surface area contributed by atoms with Crippen LogP contribution in [0.1, 0.15) is 31.4 Å². The first kappa shape index (κ1) is 16.5. The molecule has 0 aromatic heterocycles. The van der Waals surface area contributed by atoms with Gasteiger partial charge in [0.25, 0.3) is 0 Å². The molecule has 0 spiro atoms. The Bertz CT molecular complexity index is 554. The lowest BCUT2D eigenvalue weighted by molar-refractivity contribution is -0.143. The van der Waals surface area contributed by atoms with Gasteiger partial charge in [0.1, 0.15) is 5.82 Å². The average Bonchev–Trinajstić information content (AvgIpc) is 2.47. The number of urea groups is 1. The summed E-state index contributed by atoms with van der Waals surface area (Å²) in [6.07, 6.45) is 0.856. The fraction of sp³-hybridized carbons (Fsp3) is 0.467. The maximum atomic E-state index is 13.8. The lowest BCUT2D eigenvalue weighted by Crippen LogP contribution is -2.46. The first-order valence-electron chi connectivity index (χ1n) is 7.12. The molecule has 1 fully saturated rings. The van der Waals surface area contributed by atoms with E-state index in [1.54, 1.807) is 17.9 Å². The number of carboxylic acids is 1. The van der Waals surface area contributed by atoms with Crippen LogP contribution in [0.25, 0.3) is 0 Å². The molecule has 2 N–H and O–H groups in total. The van der Waals surface area contributed by atoms with E-state index in [9.17, 15) is 14.0 Å². The zero-order valence-electron chi connectivity index (χ0n) is 12.2. The molecule has 5 nitrogen and oxygen atoms in total. The first-order valence-corrected chi connectivity index (χ1v) is 7.50. The summed E-state index contributed by atoms with van der Waals surface area (Å²) in [6, 6.07) is 3.46. The molecule has 1 aliphatic rings. The van der Waals surface area contributed by atoms with Gasteiger partial charge < -0.3 is 15.3 Å².